The Hall–Kier alpha value is -4.46. The van der Waals surface area contributed by atoms with E-state index >= 15 is 0 Å². The second-order valence-electron chi connectivity index (χ2n) is 7.19. The summed E-state index contributed by atoms with van der Waals surface area (Å²) in [6.45, 7) is 1.52. The number of carbonyl (C=O) groups excluding carboxylic acids is 2. The van der Waals surface area contributed by atoms with E-state index in [1.165, 1.54) is 31.2 Å². The van der Waals surface area contributed by atoms with Crippen molar-refractivity contribution in [3.05, 3.63) is 103 Å². The van der Waals surface area contributed by atoms with Gasteiger partial charge < -0.3 is 4.74 Å². The van der Waals surface area contributed by atoms with Crippen molar-refractivity contribution in [3.63, 3.8) is 0 Å². The van der Waals surface area contributed by atoms with E-state index in [0.717, 1.165) is 11.3 Å². The van der Waals surface area contributed by atoms with Gasteiger partial charge >= 0.3 is 0 Å². The second-order valence-corrected chi connectivity index (χ2v) is 7.19. The van der Waals surface area contributed by atoms with Crippen molar-refractivity contribution in [1.29, 1.82) is 0 Å². The van der Waals surface area contributed by atoms with E-state index in [4.69, 9.17) is 4.74 Å². The molecule has 0 aliphatic carbocycles. The van der Waals surface area contributed by atoms with Crippen molar-refractivity contribution < 1.29 is 18.7 Å². The Morgan fingerprint density at radius 1 is 0.909 bits per heavy atom. The number of carbonyl (C=O) groups is 2. The topological polar surface area (TPSA) is 85.3 Å². The number of nitrogens with zero attached hydrogens (tertiary/aromatic N) is 2. The van der Waals surface area contributed by atoms with E-state index in [-0.39, 0.29) is 5.56 Å². The molecule has 1 unspecified atom stereocenters. The minimum Gasteiger partial charge on any atom is -0.481 e. The molecule has 0 spiro atoms. The Bertz CT molecular complexity index is 1240. The van der Waals surface area contributed by atoms with Crippen molar-refractivity contribution in [2.24, 2.45) is 0 Å². The van der Waals surface area contributed by atoms with E-state index in [2.05, 4.69) is 16.0 Å². The first kappa shape index (κ1) is 21.8. The summed E-state index contributed by atoms with van der Waals surface area (Å²) in [5.41, 5.74) is 7.10. The SMILES string of the molecule is CC(Oc1ccc(F)cc1)C(=O)NNC(=O)c1cn(-c2ccccc2)nc1-c1ccccc1. The summed E-state index contributed by atoms with van der Waals surface area (Å²) in [6.07, 6.45) is 0.689. The van der Waals surface area contributed by atoms with Crippen molar-refractivity contribution in [1.82, 2.24) is 20.6 Å². The fraction of sp³-hybridized carbons (Fsp3) is 0.0800. The first-order chi connectivity index (χ1) is 16.0. The average molecular weight is 444 g/mol. The fourth-order valence-electron chi connectivity index (χ4n) is 3.12. The number of hydrogen-bond acceptors (Lipinski definition) is 4. The third-order valence-corrected chi connectivity index (χ3v) is 4.82. The number of aromatic nitrogens is 2. The normalized spacial score (nSPS) is 11.5. The van der Waals surface area contributed by atoms with Crippen LogP contribution in [-0.4, -0.2) is 27.7 Å². The van der Waals surface area contributed by atoms with Gasteiger partial charge in [-0.2, -0.15) is 5.10 Å². The molecule has 1 heterocycles. The van der Waals surface area contributed by atoms with Gasteiger partial charge in [-0.15, -0.1) is 0 Å². The van der Waals surface area contributed by atoms with Crippen LogP contribution in [-0.2, 0) is 4.79 Å². The second kappa shape index (κ2) is 9.78. The lowest BCUT2D eigenvalue weighted by atomic mass is 10.1. The molecule has 4 aromatic rings. The molecular weight excluding hydrogens is 423 g/mol. The molecule has 166 valence electrons. The molecule has 0 aliphatic heterocycles. The lowest BCUT2D eigenvalue weighted by Crippen LogP contribution is -2.47. The lowest BCUT2D eigenvalue weighted by Gasteiger charge is -2.15. The van der Waals surface area contributed by atoms with Gasteiger partial charge in [0.25, 0.3) is 11.8 Å². The number of halogens is 1. The van der Waals surface area contributed by atoms with Gasteiger partial charge in [0.2, 0.25) is 0 Å². The number of amides is 2. The molecule has 0 saturated carbocycles. The molecular formula is C25H21FN4O3. The maximum Gasteiger partial charge on any atom is 0.279 e. The van der Waals surface area contributed by atoms with Gasteiger partial charge in [-0.1, -0.05) is 48.5 Å². The van der Waals surface area contributed by atoms with E-state index in [1.54, 1.807) is 10.9 Å². The van der Waals surface area contributed by atoms with Crippen LogP contribution in [0.4, 0.5) is 4.39 Å². The largest absolute Gasteiger partial charge is 0.481 e. The molecule has 7 nitrogen and oxygen atoms in total. The summed E-state index contributed by atoms with van der Waals surface area (Å²) < 4.78 is 20.1. The third kappa shape index (κ3) is 5.24. The number of benzene rings is 3. The summed E-state index contributed by atoms with van der Waals surface area (Å²) in [4.78, 5) is 25.3. The van der Waals surface area contributed by atoms with Gasteiger partial charge in [0.05, 0.1) is 11.3 Å². The zero-order valence-electron chi connectivity index (χ0n) is 17.7. The van der Waals surface area contributed by atoms with Crippen LogP contribution < -0.4 is 15.6 Å². The fourth-order valence-corrected chi connectivity index (χ4v) is 3.12. The number of nitrogens with one attached hydrogen (secondary N) is 2. The van der Waals surface area contributed by atoms with E-state index in [9.17, 15) is 14.0 Å². The van der Waals surface area contributed by atoms with Crippen LogP contribution in [0.2, 0.25) is 0 Å². The Morgan fingerprint density at radius 3 is 2.21 bits per heavy atom. The highest BCUT2D eigenvalue weighted by Gasteiger charge is 2.21. The Kier molecular flexibility index (Phi) is 6.45. The molecule has 3 aromatic carbocycles. The van der Waals surface area contributed by atoms with Crippen molar-refractivity contribution in [2.45, 2.75) is 13.0 Å². The van der Waals surface area contributed by atoms with Gasteiger partial charge in [0.1, 0.15) is 17.3 Å². The van der Waals surface area contributed by atoms with E-state index in [0.29, 0.717) is 11.4 Å². The number of para-hydroxylation sites is 1. The van der Waals surface area contributed by atoms with Crippen LogP contribution in [0.3, 0.4) is 0 Å². The Balaban J connectivity index is 1.49. The summed E-state index contributed by atoms with van der Waals surface area (Å²) in [5, 5.41) is 4.58. The Labute approximate surface area is 189 Å². The maximum absolute atomic E-state index is 13.0. The van der Waals surface area contributed by atoms with Crippen molar-refractivity contribution in [3.8, 4) is 22.7 Å². The number of hydrazine groups is 1. The first-order valence-corrected chi connectivity index (χ1v) is 10.2. The zero-order valence-corrected chi connectivity index (χ0v) is 17.7. The molecule has 0 bridgehead atoms. The Morgan fingerprint density at radius 2 is 1.55 bits per heavy atom. The van der Waals surface area contributed by atoms with Crippen LogP contribution in [0.15, 0.2) is 91.1 Å². The number of ether oxygens (including phenoxy) is 1. The molecule has 2 amide bonds. The van der Waals surface area contributed by atoms with Crippen LogP contribution in [0.25, 0.3) is 16.9 Å². The van der Waals surface area contributed by atoms with Crippen LogP contribution in [0.5, 0.6) is 5.75 Å². The molecule has 1 aromatic heterocycles. The van der Waals surface area contributed by atoms with Gasteiger partial charge in [-0.3, -0.25) is 20.4 Å². The summed E-state index contributed by atoms with van der Waals surface area (Å²) in [7, 11) is 0. The molecule has 1 atom stereocenters. The predicted octanol–water partition coefficient (Wildman–Crippen LogP) is 3.91. The molecule has 0 aliphatic rings. The average Bonchev–Trinajstić information content (AvgIpc) is 3.30. The van der Waals surface area contributed by atoms with Gasteiger partial charge in [0.15, 0.2) is 6.10 Å². The summed E-state index contributed by atoms with van der Waals surface area (Å²) in [6, 6.07) is 24.0. The molecule has 2 N–H and O–H groups in total. The molecule has 4 rings (SSSR count). The van der Waals surface area contributed by atoms with Gasteiger partial charge in [0, 0.05) is 11.8 Å². The maximum atomic E-state index is 13.0. The van der Waals surface area contributed by atoms with Crippen LogP contribution in [0, 0.1) is 5.82 Å². The van der Waals surface area contributed by atoms with Gasteiger partial charge in [-0.05, 0) is 43.3 Å². The molecule has 8 heteroatoms. The third-order valence-electron chi connectivity index (χ3n) is 4.82. The standard InChI is InChI=1S/C25H21FN4O3/c1-17(33-21-14-12-19(26)13-15-21)24(31)27-28-25(32)22-16-30(20-10-6-3-7-11-20)29-23(22)18-8-4-2-5-9-18/h2-17H,1H3,(H,27,31)(H,28,32). The van der Waals surface area contributed by atoms with Crippen molar-refractivity contribution >= 4 is 11.8 Å². The first-order valence-electron chi connectivity index (χ1n) is 10.2. The highest BCUT2D eigenvalue weighted by Crippen LogP contribution is 2.23. The lowest BCUT2D eigenvalue weighted by molar-refractivity contribution is -0.128. The highest BCUT2D eigenvalue weighted by molar-refractivity contribution is 6.00. The molecule has 0 radical (unpaired) electrons. The minimum absolute atomic E-state index is 0.289. The number of rotatable bonds is 6. The smallest absolute Gasteiger partial charge is 0.279 e. The van der Waals surface area contributed by atoms with E-state index < -0.39 is 23.7 Å². The van der Waals surface area contributed by atoms with E-state index in [1.807, 2.05) is 60.7 Å². The predicted molar refractivity (Wildman–Crippen MR) is 121 cm³/mol. The molecule has 0 fully saturated rings. The van der Waals surface area contributed by atoms with Gasteiger partial charge in [-0.25, -0.2) is 9.07 Å². The quantitative estimate of drug-likeness (QED) is 0.442. The summed E-state index contributed by atoms with van der Waals surface area (Å²) >= 11 is 0. The minimum atomic E-state index is -0.920. The van der Waals surface area contributed by atoms with Crippen molar-refractivity contribution in [2.75, 3.05) is 0 Å². The zero-order chi connectivity index (χ0) is 23.2. The molecule has 0 saturated heterocycles. The van der Waals surface area contributed by atoms with Crippen LogP contribution >= 0.6 is 0 Å². The monoisotopic (exact) mass is 444 g/mol. The molecule has 33 heavy (non-hydrogen) atoms. The summed E-state index contributed by atoms with van der Waals surface area (Å²) in [5.74, 6) is -1.17. The van der Waals surface area contributed by atoms with Crippen LogP contribution in [0.1, 0.15) is 17.3 Å². The highest BCUT2D eigenvalue weighted by atomic mass is 19.1. The number of hydrogen-bond donors (Lipinski definition) is 2.